The fourth-order valence-electron chi connectivity index (χ4n) is 4.16. The molecule has 33 heavy (non-hydrogen) atoms. The smallest absolute Gasteiger partial charge is 0.322 e. The number of nitrogens with zero attached hydrogens (tertiary/aromatic N) is 3. The van der Waals surface area contributed by atoms with Crippen molar-refractivity contribution in [2.45, 2.75) is 56.9 Å². The molecule has 1 aliphatic carbocycles. The van der Waals surface area contributed by atoms with Crippen LogP contribution in [0.15, 0.2) is 57.8 Å². The number of carbonyl (C=O) groups is 1. The summed E-state index contributed by atoms with van der Waals surface area (Å²) in [6.07, 6.45) is 5.04. The van der Waals surface area contributed by atoms with Gasteiger partial charge in [0.25, 0.3) is 5.91 Å². The van der Waals surface area contributed by atoms with Crippen LogP contribution in [0, 0.1) is 6.92 Å². The van der Waals surface area contributed by atoms with Gasteiger partial charge in [-0.25, -0.2) is 8.42 Å². The molecule has 0 atom stereocenters. The largest absolute Gasteiger partial charge is 0.403 e. The number of rotatable bonds is 7. The summed E-state index contributed by atoms with van der Waals surface area (Å²) < 4.78 is 33.5. The Kier molecular flexibility index (Phi) is 6.90. The topological polar surface area (TPSA) is 105 Å². The Hall–Kier alpha value is -3.04. The summed E-state index contributed by atoms with van der Waals surface area (Å²) in [4.78, 5) is 12.8. The monoisotopic (exact) mass is 468 g/mol. The van der Waals surface area contributed by atoms with Gasteiger partial charge < -0.3 is 4.42 Å². The van der Waals surface area contributed by atoms with Crippen LogP contribution in [0.2, 0.25) is 0 Å². The van der Waals surface area contributed by atoms with Gasteiger partial charge in [-0.05, 0) is 56.2 Å². The van der Waals surface area contributed by atoms with E-state index < -0.39 is 15.9 Å². The summed E-state index contributed by atoms with van der Waals surface area (Å²) >= 11 is 0. The number of aryl methyl sites for hydroxylation is 1. The maximum absolute atomic E-state index is 13.2. The van der Waals surface area contributed by atoms with Crippen LogP contribution < -0.4 is 5.32 Å². The normalized spacial score (nSPS) is 15.0. The summed E-state index contributed by atoms with van der Waals surface area (Å²) in [5.74, 6) is -0.160. The highest BCUT2D eigenvalue weighted by atomic mass is 32.2. The fourth-order valence-corrected chi connectivity index (χ4v) is 5.86. The van der Waals surface area contributed by atoms with Crippen LogP contribution >= 0.6 is 0 Å². The van der Waals surface area contributed by atoms with E-state index in [1.807, 2.05) is 38.1 Å². The zero-order valence-electron chi connectivity index (χ0n) is 18.8. The van der Waals surface area contributed by atoms with E-state index in [9.17, 15) is 13.2 Å². The molecule has 174 valence electrons. The van der Waals surface area contributed by atoms with E-state index in [0.29, 0.717) is 18.0 Å². The van der Waals surface area contributed by atoms with Crippen LogP contribution in [0.5, 0.6) is 0 Å². The van der Waals surface area contributed by atoms with Gasteiger partial charge in [0.15, 0.2) is 0 Å². The molecule has 1 amide bonds. The summed E-state index contributed by atoms with van der Waals surface area (Å²) in [6.45, 7) is 4.27. The predicted octanol–water partition coefficient (Wildman–Crippen LogP) is 4.64. The average molecular weight is 469 g/mol. The van der Waals surface area contributed by atoms with Gasteiger partial charge in [-0.3, -0.25) is 10.1 Å². The number of hydrogen-bond acceptors (Lipinski definition) is 6. The van der Waals surface area contributed by atoms with Gasteiger partial charge >= 0.3 is 6.01 Å². The molecule has 1 heterocycles. The second-order valence-electron chi connectivity index (χ2n) is 8.26. The van der Waals surface area contributed by atoms with Crippen LogP contribution in [-0.4, -0.2) is 41.4 Å². The molecule has 1 fully saturated rings. The lowest BCUT2D eigenvalue weighted by Gasteiger charge is -2.32. The number of benzene rings is 2. The number of aromatic nitrogens is 2. The number of sulfonamides is 1. The molecule has 3 aromatic rings. The van der Waals surface area contributed by atoms with Crippen molar-refractivity contribution in [2.24, 2.45) is 0 Å². The summed E-state index contributed by atoms with van der Waals surface area (Å²) in [7, 11) is -3.62. The van der Waals surface area contributed by atoms with Crippen LogP contribution in [0.25, 0.3) is 11.5 Å². The van der Waals surface area contributed by atoms with Crippen LogP contribution in [0.3, 0.4) is 0 Å². The van der Waals surface area contributed by atoms with E-state index in [-0.39, 0.29) is 17.0 Å². The van der Waals surface area contributed by atoms with Gasteiger partial charge in [0.1, 0.15) is 0 Å². The maximum atomic E-state index is 13.2. The van der Waals surface area contributed by atoms with Crippen molar-refractivity contribution in [3.05, 3.63) is 59.7 Å². The van der Waals surface area contributed by atoms with Crippen LogP contribution in [0.4, 0.5) is 6.01 Å². The molecule has 0 radical (unpaired) electrons. The second-order valence-corrected chi connectivity index (χ2v) is 10.1. The Balaban J connectivity index is 1.45. The van der Waals surface area contributed by atoms with E-state index in [2.05, 4.69) is 15.5 Å². The standard InChI is InChI=1S/C24H28N4O4S/c1-3-28(20-7-5-4-6-8-20)33(30,31)21-15-13-18(14-16-21)22(29)25-24-27-26-23(32-24)19-11-9-17(2)10-12-19/h9-16,20H,3-8H2,1-2H3,(H,25,27,29). The van der Waals surface area contributed by atoms with Gasteiger partial charge in [-0.15, -0.1) is 5.10 Å². The molecule has 0 saturated heterocycles. The predicted molar refractivity (Wildman–Crippen MR) is 125 cm³/mol. The molecule has 0 bridgehead atoms. The van der Waals surface area contributed by atoms with Gasteiger partial charge in [0, 0.05) is 23.7 Å². The lowest BCUT2D eigenvalue weighted by molar-refractivity contribution is 0.102. The molecule has 0 unspecified atom stereocenters. The van der Waals surface area contributed by atoms with Crippen molar-refractivity contribution in [2.75, 3.05) is 11.9 Å². The van der Waals surface area contributed by atoms with Gasteiger partial charge in [0.2, 0.25) is 15.9 Å². The molecule has 0 spiro atoms. The van der Waals surface area contributed by atoms with Crippen molar-refractivity contribution >= 4 is 21.9 Å². The van der Waals surface area contributed by atoms with Crippen molar-refractivity contribution in [3.8, 4) is 11.5 Å². The molecule has 1 N–H and O–H groups in total. The Morgan fingerprint density at radius 2 is 1.70 bits per heavy atom. The Morgan fingerprint density at radius 3 is 2.33 bits per heavy atom. The van der Waals surface area contributed by atoms with Gasteiger partial charge in [0.05, 0.1) is 4.90 Å². The Bertz CT molecular complexity index is 1200. The molecule has 1 aromatic heterocycles. The first-order chi connectivity index (χ1) is 15.9. The highest BCUT2D eigenvalue weighted by Gasteiger charge is 2.31. The minimum Gasteiger partial charge on any atom is -0.403 e. The number of hydrogen-bond donors (Lipinski definition) is 1. The Morgan fingerprint density at radius 1 is 1.03 bits per heavy atom. The Labute approximate surface area is 194 Å². The first-order valence-electron chi connectivity index (χ1n) is 11.2. The van der Waals surface area contributed by atoms with E-state index in [4.69, 9.17) is 4.42 Å². The molecule has 0 aliphatic heterocycles. The average Bonchev–Trinajstić information content (AvgIpc) is 3.29. The minimum absolute atomic E-state index is 0.0262. The summed E-state index contributed by atoms with van der Waals surface area (Å²) in [5, 5.41) is 10.4. The van der Waals surface area contributed by atoms with E-state index >= 15 is 0 Å². The molecular formula is C24H28N4O4S. The van der Waals surface area contributed by atoms with Crippen molar-refractivity contribution < 1.29 is 17.6 Å². The SMILES string of the molecule is CCN(C1CCCCC1)S(=O)(=O)c1ccc(C(=O)Nc2nnc(-c3ccc(C)cc3)o2)cc1. The molecule has 1 saturated carbocycles. The van der Waals surface area contributed by atoms with E-state index in [1.165, 1.54) is 24.3 Å². The third-order valence-electron chi connectivity index (χ3n) is 5.96. The quantitative estimate of drug-likeness (QED) is 0.541. The number of carbonyl (C=O) groups excluding carboxylic acids is 1. The third-order valence-corrected chi connectivity index (χ3v) is 8.00. The first kappa shape index (κ1) is 23.1. The van der Waals surface area contributed by atoms with Crippen LogP contribution in [-0.2, 0) is 10.0 Å². The summed E-state index contributed by atoms with van der Waals surface area (Å²) in [6, 6.07) is 13.5. The number of anilines is 1. The number of amides is 1. The first-order valence-corrected chi connectivity index (χ1v) is 12.7. The lowest BCUT2D eigenvalue weighted by atomic mass is 9.95. The van der Waals surface area contributed by atoms with Gasteiger partial charge in [-0.2, -0.15) is 4.31 Å². The van der Waals surface area contributed by atoms with Crippen molar-refractivity contribution in [3.63, 3.8) is 0 Å². The highest BCUT2D eigenvalue weighted by molar-refractivity contribution is 7.89. The van der Waals surface area contributed by atoms with Gasteiger partial charge in [-0.1, -0.05) is 49.0 Å². The van der Waals surface area contributed by atoms with Crippen molar-refractivity contribution in [1.29, 1.82) is 0 Å². The molecule has 4 rings (SSSR count). The zero-order valence-corrected chi connectivity index (χ0v) is 19.6. The van der Waals surface area contributed by atoms with E-state index in [0.717, 1.165) is 43.2 Å². The summed E-state index contributed by atoms with van der Waals surface area (Å²) in [5.41, 5.74) is 2.16. The minimum atomic E-state index is -3.62. The van der Waals surface area contributed by atoms with Crippen molar-refractivity contribution in [1.82, 2.24) is 14.5 Å². The van der Waals surface area contributed by atoms with Crippen LogP contribution in [0.1, 0.15) is 54.9 Å². The fraction of sp³-hybridized carbons (Fsp3) is 0.375. The molecule has 9 heteroatoms. The lowest BCUT2D eigenvalue weighted by Crippen LogP contribution is -2.41. The second kappa shape index (κ2) is 9.84. The number of nitrogens with one attached hydrogen (secondary N) is 1. The highest BCUT2D eigenvalue weighted by Crippen LogP contribution is 2.28. The molecule has 8 nitrogen and oxygen atoms in total. The molecule has 1 aliphatic rings. The van der Waals surface area contributed by atoms with E-state index in [1.54, 1.807) is 4.31 Å². The maximum Gasteiger partial charge on any atom is 0.322 e. The third kappa shape index (κ3) is 5.15. The molecular weight excluding hydrogens is 440 g/mol. The zero-order chi connectivity index (χ0) is 23.4. The molecule has 2 aromatic carbocycles.